The SMILES string of the molecule is CCCNC(=O)Cc1c(C)nc(C2CCCN(C(=O)C(C)c3ccccc3)C2)nc1C. The minimum Gasteiger partial charge on any atom is -0.356 e. The highest BCUT2D eigenvalue weighted by Gasteiger charge is 2.30. The Bertz CT molecular complexity index is 890. The third kappa shape index (κ3) is 5.69. The van der Waals surface area contributed by atoms with Gasteiger partial charge in [0.25, 0.3) is 0 Å². The highest BCUT2D eigenvalue weighted by atomic mass is 16.2. The summed E-state index contributed by atoms with van der Waals surface area (Å²) < 4.78 is 0. The summed E-state index contributed by atoms with van der Waals surface area (Å²) in [6, 6.07) is 9.93. The Hall–Kier alpha value is -2.76. The number of hydrogen-bond acceptors (Lipinski definition) is 4. The lowest BCUT2D eigenvalue weighted by molar-refractivity contribution is -0.133. The predicted octanol–water partition coefficient (Wildman–Crippen LogP) is 3.67. The monoisotopic (exact) mass is 422 g/mol. The van der Waals surface area contributed by atoms with Crippen molar-refractivity contribution in [3.05, 3.63) is 58.7 Å². The molecule has 1 aromatic carbocycles. The summed E-state index contributed by atoms with van der Waals surface area (Å²) >= 11 is 0. The van der Waals surface area contributed by atoms with Crippen LogP contribution in [0.25, 0.3) is 0 Å². The fraction of sp³-hybridized carbons (Fsp3) is 0.520. The summed E-state index contributed by atoms with van der Waals surface area (Å²) in [4.78, 5) is 36.7. The maximum Gasteiger partial charge on any atom is 0.229 e. The van der Waals surface area contributed by atoms with Crippen LogP contribution in [0.1, 0.15) is 73.3 Å². The number of benzene rings is 1. The molecule has 2 unspecified atom stereocenters. The van der Waals surface area contributed by atoms with Crippen molar-refractivity contribution in [3.63, 3.8) is 0 Å². The van der Waals surface area contributed by atoms with Gasteiger partial charge in [0.2, 0.25) is 11.8 Å². The molecule has 2 amide bonds. The number of piperidine rings is 1. The molecule has 1 aliphatic heterocycles. The Morgan fingerprint density at radius 3 is 2.48 bits per heavy atom. The van der Waals surface area contributed by atoms with E-state index >= 15 is 0 Å². The molecule has 0 bridgehead atoms. The van der Waals surface area contributed by atoms with Crippen LogP contribution in [0, 0.1) is 13.8 Å². The van der Waals surface area contributed by atoms with Crippen LogP contribution in [0.5, 0.6) is 0 Å². The molecule has 6 heteroatoms. The summed E-state index contributed by atoms with van der Waals surface area (Å²) in [5.41, 5.74) is 3.66. The Kier molecular flexibility index (Phi) is 7.77. The van der Waals surface area contributed by atoms with Crippen molar-refractivity contribution < 1.29 is 9.59 Å². The molecule has 2 aromatic rings. The van der Waals surface area contributed by atoms with Crippen LogP contribution in [0.15, 0.2) is 30.3 Å². The standard InChI is InChI=1S/C25H34N4O2/c1-5-13-26-23(30)15-22-18(3)27-24(28-19(22)4)21-12-9-14-29(16-21)25(31)17(2)20-10-7-6-8-11-20/h6-8,10-11,17,21H,5,9,12-16H2,1-4H3,(H,26,30). The van der Waals surface area contributed by atoms with Gasteiger partial charge in [0.15, 0.2) is 0 Å². The van der Waals surface area contributed by atoms with Crippen LogP contribution in [0.3, 0.4) is 0 Å². The highest BCUT2D eigenvalue weighted by molar-refractivity contribution is 5.83. The molecule has 1 saturated heterocycles. The number of carbonyl (C=O) groups excluding carboxylic acids is 2. The first-order valence-corrected chi connectivity index (χ1v) is 11.3. The average Bonchev–Trinajstić information content (AvgIpc) is 2.79. The molecule has 2 heterocycles. The molecule has 0 saturated carbocycles. The fourth-order valence-electron chi connectivity index (χ4n) is 4.24. The van der Waals surface area contributed by atoms with E-state index in [2.05, 4.69) is 5.32 Å². The second kappa shape index (κ2) is 10.5. The lowest BCUT2D eigenvalue weighted by Gasteiger charge is -2.34. The van der Waals surface area contributed by atoms with E-state index < -0.39 is 0 Å². The van der Waals surface area contributed by atoms with E-state index in [1.807, 2.05) is 62.9 Å². The first kappa shape index (κ1) is 22.9. The molecule has 0 spiro atoms. The van der Waals surface area contributed by atoms with Gasteiger partial charge in [0.05, 0.1) is 12.3 Å². The van der Waals surface area contributed by atoms with Crippen LogP contribution in [-0.2, 0) is 16.0 Å². The summed E-state index contributed by atoms with van der Waals surface area (Å²) in [6.07, 6.45) is 3.14. The number of rotatable bonds is 7. The van der Waals surface area contributed by atoms with E-state index in [-0.39, 0.29) is 23.7 Å². The second-order valence-corrected chi connectivity index (χ2v) is 8.51. The summed E-state index contributed by atoms with van der Waals surface area (Å²) in [5.74, 6) is 0.925. The number of likely N-dealkylation sites (tertiary alicyclic amines) is 1. The van der Waals surface area contributed by atoms with E-state index in [1.165, 1.54) is 0 Å². The van der Waals surface area contributed by atoms with E-state index in [4.69, 9.17) is 9.97 Å². The largest absolute Gasteiger partial charge is 0.356 e. The number of carbonyl (C=O) groups is 2. The fourth-order valence-corrected chi connectivity index (χ4v) is 4.24. The van der Waals surface area contributed by atoms with Gasteiger partial charge in [-0.15, -0.1) is 0 Å². The first-order valence-electron chi connectivity index (χ1n) is 11.3. The quantitative estimate of drug-likeness (QED) is 0.739. The van der Waals surface area contributed by atoms with Gasteiger partial charge < -0.3 is 10.2 Å². The number of nitrogens with one attached hydrogen (secondary N) is 1. The Balaban J connectivity index is 1.71. The van der Waals surface area contributed by atoms with Crippen molar-refractivity contribution in [3.8, 4) is 0 Å². The molecule has 3 rings (SSSR count). The predicted molar refractivity (Wildman–Crippen MR) is 122 cm³/mol. The van der Waals surface area contributed by atoms with E-state index in [0.717, 1.165) is 54.1 Å². The van der Waals surface area contributed by atoms with Crippen molar-refractivity contribution in [2.75, 3.05) is 19.6 Å². The second-order valence-electron chi connectivity index (χ2n) is 8.51. The maximum absolute atomic E-state index is 13.1. The number of aromatic nitrogens is 2. The molecule has 2 atom stereocenters. The normalized spacial score (nSPS) is 17.3. The zero-order valence-electron chi connectivity index (χ0n) is 19.1. The molecule has 1 aliphatic rings. The van der Waals surface area contributed by atoms with Crippen LogP contribution >= 0.6 is 0 Å². The maximum atomic E-state index is 13.1. The number of aryl methyl sites for hydroxylation is 2. The number of amides is 2. The molecule has 1 N–H and O–H groups in total. The number of nitrogens with zero attached hydrogens (tertiary/aromatic N) is 3. The van der Waals surface area contributed by atoms with E-state index in [0.29, 0.717) is 19.5 Å². The highest BCUT2D eigenvalue weighted by Crippen LogP contribution is 2.28. The molecule has 0 aliphatic carbocycles. The molecule has 31 heavy (non-hydrogen) atoms. The smallest absolute Gasteiger partial charge is 0.229 e. The lowest BCUT2D eigenvalue weighted by Crippen LogP contribution is -2.41. The minimum atomic E-state index is -0.159. The van der Waals surface area contributed by atoms with Crippen LogP contribution < -0.4 is 5.32 Å². The van der Waals surface area contributed by atoms with Gasteiger partial charge in [-0.25, -0.2) is 9.97 Å². The van der Waals surface area contributed by atoms with Gasteiger partial charge in [0, 0.05) is 42.5 Å². The Labute approximate surface area is 185 Å². The van der Waals surface area contributed by atoms with Crippen molar-refractivity contribution in [1.29, 1.82) is 0 Å². The molecule has 0 radical (unpaired) electrons. The van der Waals surface area contributed by atoms with Crippen molar-refractivity contribution >= 4 is 11.8 Å². The summed E-state index contributed by atoms with van der Waals surface area (Å²) in [7, 11) is 0. The Morgan fingerprint density at radius 2 is 1.84 bits per heavy atom. The first-order chi connectivity index (χ1) is 14.9. The molecule has 6 nitrogen and oxygen atoms in total. The van der Waals surface area contributed by atoms with Gasteiger partial charge in [-0.2, -0.15) is 0 Å². The molecule has 1 fully saturated rings. The van der Waals surface area contributed by atoms with Gasteiger partial charge in [-0.3, -0.25) is 9.59 Å². The van der Waals surface area contributed by atoms with Crippen LogP contribution in [-0.4, -0.2) is 46.3 Å². The average molecular weight is 423 g/mol. The van der Waals surface area contributed by atoms with Gasteiger partial charge in [-0.05, 0) is 45.6 Å². The van der Waals surface area contributed by atoms with E-state index in [1.54, 1.807) is 0 Å². The van der Waals surface area contributed by atoms with Gasteiger partial charge in [0.1, 0.15) is 5.82 Å². The molecular weight excluding hydrogens is 388 g/mol. The zero-order valence-corrected chi connectivity index (χ0v) is 19.1. The van der Waals surface area contributed by atoms with Crippen molar-refractivity contribution in [2.45, 2.75) is 65.2 Å². The van der Waals surface area contributed by atoms with Crippen LogP contribution in [0.4, 0.5) is 0 Å². The van der Waals surface area contributed by atoms with Crippen molar-refractivity contribution in [1.82, 2.24) is 20.2 Å². The number of hydrogen-bond donors (Lipinski definition) is 1. The lowest BCUT2D eigenvalue weighted by atomic mass is 9.93. The minimum absolute atomic E-state index is 0.00809. The topological polar surface area (TPSA) is 75.2 Å². The summed E-state index contributed by atoms with van der Waals surface area (Å²) in [5, 5.41) is 2.92. The molecular formula is C25H34N4O2. The molecule has 166 valence electrons. The summed E-state index contributed by atoms with van der Waals surface area (Å²) in [6.45, 7) is 10.0. The van der Waals surface area contributed by atoms with Gasteiger partial charge in [-0.1, -0.05) is 37.3 Å². The van der Waals surface area contributed by atoms with Crippen molar-refractivity contribution in [2.24, 2.45) is 0 Å². The van der Waals surface area contributed by atoms with Crippen LogP contribution in [0.2, 0.25) is 0 Å². The van der Waals surface area contributed by atoms with Gasteiger partial charge >= 0.3 is 0 Å². The van der Waals surface area contributed by atoms with E-state index in [9.17, 15) is 9.59 Å². The Morgan fingerprint density at radius 1 is 1.16 bits per heavy atom. The third-order valence-electron chi connectivity index (χ3n) is 6.12. The molecule has 1 aromatic heterocycles. The third-order valence-corrected chi connectivity index (χ3v) is 6.12. The zero-order chi connectivity index (χ0) is 22.4.